The summed E-state index contributed by atoms with van der Waals surface area (Å²) in [6.45, 7) is 3.97. The number of benzene rings is 1. The lowest BCUT2D eigenvalue weighted by Gasteiger charge is -2.24. The number of fused-ring (bicyclic) bond motifs is 1. The number of hydrogen-bond donors (Lipinski definition) is 0. The van der Waals surface area contributed by atoms with Crippen molar-refractivity contribution in [2.24, 2.45) is 0 Å². The van der Waals surface area contributed by atoms with E-state index in [1.54, 1.807) is 18.0 Å². The van der Waals surface area contributed by atoms with Gasteiger partial charge in [-0.3, -0.25) is 4.79 Å². The lowest BCUT2D eigenvalue weighted by Crippen LogP contribution is -2.34. The molecule has 1 aliphatic rings. The van der Waals surface area contributed by atoms with Gasteiger partial charge in [0, 0.05) is 50.2 Å². The molecule has 1 aliphatic heterocycles. The highest BCUT2D eigenvalue weighted by atomic mass is 35.5. The minimum Gasteiger partial charge on any atom is -0.354 e. The van der Waals surface area contributed by atoms with Crippen LogP contribution < -0.4 is 4.90 Å². The number of carbonyl (C=O) groups excluding carboxylic acids is 1. The van der Waals surface area contributed by atoms with E-state index in [1.807, 2.05) is 35.2 Å². The fourth-order valence-corrected chi connectivity index (χ4v) is 3.78. The molecule has 1 amide bonds. The Bertz CT molecular complexity index is 1080. The van der Waals surface area contributed by atoms with E-state index >= 15 is 0 Å². The first-order valence-electron chi connectivity index (χ1n) is 9.77. The van der Waals surface area contributed by atoms with Crippen molar-refractivity contribution in [3.05, 3.63) is 54.4 Å². The maximum absolute atomic E-state index is 13.4. The Balaban J connectivity index is 0.00000272. The van der Waals surface area contributed by atoms with Crippen LogP contribution in [-0.4, -0.2) is 47.0 Å². The van der Waals surface area contributed by atoms with Gasteiger partial charge in [0.2, 0.25) is 5.91 Å². The van der Waals surface area contributed by atoms with Gasteiger partial charge < -0.3 is 9.80 Å². The van der Waals surface area contributed by atoms with Crippen molar-refractivity contribution in [2.45, 2.75) is 19.5 Å². The number of aromatic nitrogens is 2. The van der Waals surface area contributed by atoms with Crippen LogP contribution in [0.5, 0.6) is 0 Å². The molecule has 4 rings (SSSR count). The normalized spacial score (nSPS) is 14.8. The Morgan fingerprint density at radius 3 is 2.42 bits per heavy atom. The van der Waals surface area contributed by atoms with E-state index in [4.69, 9.17) is 0 Å². The van der Waals surface area contributed by atoms with Crippen molar-refractivity contribution in [2.75, 3.05) is 31.1 Å². The number of rotatable bonds is 2. The van der Waals surface area contributed by atoms with Crippen LogP contribution in [0, 0.1) is 0 Å². The molecule has 164 valence electrons. The molecule has 31 heavy (non-hydrogen) atoms. The highest BCUT2D eigenvalue weighted by molar-refractivity contribution is 5.99. The van der Waals surface area contributed by atoms with Gasteiger partial charge in [0.15, 0.2) is 0 Å². The molecule has 0 aliphatic carbocycles. The molecular formula is C22H22ClF3N4O. The van der Waals surface area contributed by atoms with Gasteiger partial charge in [0.1, 0.15) is 11.5 Å². The van der Waals surface area contributed by atoms with E-state index in [0.717, 1.165) is 18.1 Å². The van der Waals surface area contributed by atoms with Crippen LogP contribution in [0.25, 0.3) is 22.0 Å². The van der Waals surface area contributed by atoms with Crippen molar-refractivity contribution in [1.29, 1.82) is 0 Å². The van der Waals surface area contributed by atoms with Crippen molar-refractivity contribution in [1.82, 2.24) is 14.9 Å². The fourth-order valence-electron chi connectivity index (χ4n) is 3.78. The third-order valence-electron chi connectivity index (χ3n) is 5.32. The number of halogens is 4. The summed E-state index contributed by atoms with van der Waals surface area (Å²) >= 11 is 0. The predicted molar refractivity (Wildman–Crippen MR) is 116 cm³/mol. The fraction of sp³-hybridized carbons (Fsp3) is 0.318. The summed E-state index contributed by atoms with van der Waals surface area (Å²) in [6.07, 6.45) is -2.18. The molecule has 0 bridgehead atoms. The first-order chi connectivity index (χ1) is 14.3. The van der Waals surface area contributed by atoms with Crippen LogP contribution in [0.2, 0.25) is 0 Å². The third-order valence-corrected chi connectivity index (χ3v) is 5.32. The van der Waals surface area contributed by atoms with E-state index in [1.165, 1.54) is 6.07 Å². The van der Waals surface area contributed by atoms with Crippen molar-refractivity contribution in [3.8, 4) is 11.1 Å². The van der Waals surface area contributed by atoms with Crippen LogP contribution in [0.3, 0.4) is 0 Å². The molecule has 1 fully saturated rings. The Hall–Kier alpha value is -2.87. The summed E-state index contributed by atoms with van der Waals surface area (Å²) in [5.41, 5.74) is 0.657. The second kappa shape index (κ2) is 9.09. The maximum atomic E-state index is 13.4. The number of carbonyl (C=O) groups is 1. The first-order valence-corrected chi connectivity index (χ1v) is 9.77. The van der Waals surface area contributed by atoms with E-state index in [9.17, 15) is 18.0 Å². The monoisotopic (exact) mass is 450 g/mol. The zero-order valence-corrected chi connectivity index (χ0v) is 17.7. The summed E-state index contributed by atoms with van der Waals surface area (Å²) < 4.78 is 40.1. The van der Waals surface area contributed by atoms with Crippen LogP contribution in [0.1, 0.15) is 19.0 Å². The molecule has 9 heteroatoms. The Kier molecular flexibility index (Phi) is 6.69. The Morgan fingerprint density at radius 2 is 1.74 bits per heavy atom. The van der Waals surface area contributed by atoms with Gasteiger partial charge in [-0.2, -0.15) is 13.2 Å². The second-order valence-electron chi connectivity index (χ2n) is 7.30. The highest BCUT2D eigenvalue weighted by Gasteiger charge is 2.33. The molecule has 0 saturated carbocycles. The van der Waals surface area contributed by atoms with Gasteiger partial charge in [-0.1, -0.05) is 30.3 Å². The summed E-state index contributed by atoms with van der Waals surface area (Å²) in [5, 5.41) is 0.570. The molecular weight excluding hydrogens is 429 g/mol. The van der Waals surface area contributed by atoms with Gasteiger partial charge in [-0.15, -0.1) is 12.4 Å². The van der Waals surface area contributed by atoms with Crippen LogP contribution in [0.4, 0.5) is 19.0 Å². The zero-order valence-electron chi connectivity index (χ0n) is 16.9. The molecule has 0 N–H and O–H groups in total. The molecule has 2 aromatic heterocycles. The summed E-state index contributed by atoms with van der Waals surface area (Å²) in [5.74, 6) is 0.613. The van der Waals surface area contributed by atoms with E-state index < -0.39 is 11.9 Å². The summed E-state index contributed by atoms with van der Waals surface area (Å²) in [4.78, 5) is 24.1. The molecule has 0 atom stereocenters. The zero-order chi connectivity index (χ0) is 21.3. The van der Waals surface area contributed by atoms with Crippen LogP contribution in [0.15, 0.2) is 48.7 Å². The van der Waals surface area contributed by atoms with Crippen molar-refractivity contribution in [3.63, 3.8) is 0 Å². The van der Waals surface area contributed by atoms with E-state index in [-0.39, 0.29) is 23.8 Å². The molecule has 1 saturated heterocycles. The summed E-state index contributed by atoms with van der Waals surface area (Å²) in [7, 11) is 0. The smallest absolute Gasteiger partial charge is 0.354 e. The van der Waals surface area contributed by atoms with E-state index in [0.29, 0.717) is 42.9 Å². The largest absolute Gasteiger partial charge is 0.433 e. The molecule has 0 unspecified atom stereocenters. The topological polar surface area (TPSA) is 49.3 Å². The van der Waals surface area contributed by atoms with Gasteiger partial charge >= 0.3 is 6.18 Å². The first kappa shape index (κ1) is 22.8. The minimum atomic E-state index is -4.53. The molecule has 3 heterocycles. The number of hydrogen-bond acceptors (Lipinski definition) is 4. The molecule has 3 aromatic rings. The average Bonchev–Trinajstić information content (AvgIpc) is 2.99. The number of anilines is 1. The number of pyridine rings is 2. The van der Waals surface area contributed by atoms with Crippen LogP contribution >= 0.6 is 12.4 Å². The standard InChI is InChI=1S/C22H21F3N4O.ClH/c1-15(30)28-10-5-11-29(13-12-28)21-17-8-9-19(22(23,24)25)27-20(17)18(14-26-21)16-6-3-2-4-7-16;/h2-4,6-9,14H,5,10-13H2,1H3;1H. The average molecular weight is 451 g/mol. The van der Waals surface area contributed by atoms with Gasteiger partial charge in [0.05, 0.1) is 5.52 Å². The molecule has 5 nitrogen and oxygen atoms in total. The number of amides is 1. The van der Waals surface area contributed by atoms with E-state index in [2.05, 4.69) is 9.97 Å². The highest BCUT2D eigenvalue weighted by Crippen LogP contribution is 2.36. The predicted octanol–water partition coefficient (Wildman–Crippen LogP) is 4.80. The number of alkyl halides is 3. The quantitative estimate of drug-likeness (QED) is 0.563. The lowest BCUT2D eigenvalue weighted by atomic mass is 10.0. The van der Waals surface area contributed by atoms with Gasteiger partial charge in [0.25, 0.3) is 0 Å². The maximum Gasteiger partial charge on any atom is 0.433 e. The SMILES string of the molecule is CC(=O)N1CCCN(c2ncc(-c3ccccc3)c3nc(C(F)(F)F)ccc23)CC1.Cl. The van der Waals surface area contributed by atoms with Gasteiger partial charge in [-0.25, -0.2) is 9.97 Å². The van der Waals surface area contributed by atoms with Gasteiger partial charge in [-0.05, 0) is 24.1 Å². The Morgan fingerprint density at radius 1 is 1.00 bits per heavy atom. The number of nitrogens with zero attached hydrogens (tertiary/aromatic N) is 4. The lowest BCUT2D eigenvalue weighted by molar-refractivity contribution is -0.141. The van der Waals surface area contributed by atoms with Crippen LogP contribution in [-0.2, 0) is 11.0 Å². The van der Waals surface area contributed by atoms with Crippen molar-refractivity contribution >= 4 is 35.0 Å². The van der Waals surface area contributed by atoms with Crippen molar-refractivity contribution < 1.29 is 18.0 Å². The second-order valence-corrected chi connectivity index (χ2v) is 7.30. The Labute approximate surface area is 184 Å². The molecule has 0 radical (unpaired) electrons. The summed E-state index contributed by atoms with van der Waals surface area (Å²) in [6, 6.07) is 11.6. The third kappa shape index (κ3) is 4.74. The molecule has 1 aromatic carbocycles. The molecule has 0 spiro atoms. The minimum absolute atomic E-state index is 0.